The maximum atomic E-state index is 9.85. The van der Waals surface area contributed by atoms with E-state index >= 15 is 0 Å². The molecule has 0 fully saturated rings. The summed E-state index contributed by atoms with van der Waals surface area (Å²) in [6.07, 6.45) is 0. The molecular weight excluding hydrogens is 303 g/mol. The van der Waals surface area contributed by atoms with Gasteiger partial charge >= 0.3 is 107 Å². The van der Waals surface area contributed by atoms with Crippen LogP contribution in [0, 0.1) is 5.92 Å². The van der Waals surface area contributed by atoms with Gasteiger partial charge in [-0.1, -0.05) is 0 Å². The van der Waals surface area contributed by atoms with Gasteiger partial charge in [0.25, 0.3) is 0 Å². The first-order chi connectivity index (χ1) is 7.31. The van der Waals surface area contributed by atoms with Gasteiger partial charge in [-0.15, -0.1) is 0 Å². The van der Waals surface area contributed by atoms with Gasteiger partial charge in [-0.2, -0.15) is 0 Å². The predicted molar refractivity (Wildman–Crippen MR) is 63.5 cm³/mol. The van der Waals surface area contributed by atoms with Gasteiger partial charge in [0.1, 0.15) is 0 Å². The van der Waals surface area contributed by atoms with Crippen molar-refractivity contribution >= 4 is 8.32 Å². The summed E-state index contributed by atoms with van der Waals surface area (Å²) in [6, 6.07) is 2.72. The van der Waals surface area contributed by atoms with Crippen molar-refractivity contribution in [3.05, 3.63) is 0 Å². The van der Waals surface area contributed by atoms with Gasteiger partial charge in [-0.3, -0.25) is 0 Å². The third kappa shape index (κ3) is 6.03. The van der Waals surface area contributed by atoms with Crippen LogP contribution in [0.1, 0.15) is 34.6 Å². The molecule has 0 atom stereocenters. The Morgan fingerprint density at radius 1 is 1.06 bits per heavy atom. The van der Waals surface area contributed by atoms with E-state index in [0.717, 1.165) is 18.1 Å². The van der Waals surface area contributed by atoms with E-state index in [1.54, 1.807) is 0 Å². The summed E-state index contributed by atoms with van der Waals surface area (Å²) < 4.78 is 30.5. The van der Waals surface area contributed by atoms with Gasteiger partial charge in [-0.05, 0) is 0 Å². The summed E-state index contributed by atoms with van der Waals surface area (Å²) in [4.78, 5) is 0. The second-order valence-corrected chi connectivity index (χ2v) is 14.2. The fourth-order valence-electron chi connectivity index (χ4n) is 1.55. The van der Waals surface area contributed by atoms with Crippen molar-refractivity contribution in [1.29, 1.82) is 0 Å². The Hall–Kier alpha value is 0.940. The standard InChI is InChI=1S/C6H15OSi.C4H9O.2H2O.Zr/c1-4-8(7,5-2)6-3;1-4(2)3-5;;;/h4-6H2,1-3H3;4H,3H2,1-2H3;2*1H2;/q2*-1;;;+4/p-2. The summed E-state index contributed by atoms with van der Waals surface area (Å²) in [5.41, 5.74) is 0. The molecule has 0 aromatic heterocycles. The van der Waals surface area contributed by atoms with Gasteiger partial charge in [0.15, 0.2) is 0 Å². The van der Waals surface area contributed by atoms with E-state index in [-0.39, 0.29) is 0 Å². The number of rotatable bonds is 8. The monoisotopic (exact) mass is 328 g/mol. The van der Waals surface area contributed by atoms with Crippen LogP contribution in [0.5, 0.6) is 0 Å². The molecular formula is C10H26O4SiZr. The Kier molecular flexibility index (Phi) is 7.83. The first kappa shape index (κ1) is 16.9. The average molecular weight is 330 g/mol. The summed E-state index contributed by atoms with van der Waals surface area (Å²) in [6.45, 7) is 10.5. The molecule has 98 valence electrons. The Morgan fingerprint density at radius 3 is 1.81 bits per heavy atom. The molecule has 16 heavy (non-hydrogen) atoms. The fourth-order valence-corrected chi connectivity index (χ4v) is 13.2. The van der Waals surface area contributed by atoms with E-state index in [2.05, 4.69) is 20.8 Å². The van der Waals surface area contributed by atoms with Crippen LogP contribution in [-0.4, -0.2) is 21.3 Å². The molecule has 0 heterocycles. The normalized spacial score (nSPS) is 13.5. The van der Waals surface area contributed by atoms with Crippen LogP contribution < -0.4 is 0 Å². The molecule has 6 heteroatoms. The molecule has 0 aliphatic heterocycles. The van der Waals surface area contributed by atoms with Gasteiger partial charge in [0.05, 0.1) is 0 Å². The van der Waals surface area contributed by atoms with E-state index in [4.69, 9.17) is 5.32 Å². The predicted octanol–water partition coefficient (Wildman–Crippen LogP) is 2.48. The minimum atomic E-state index is -4.66. The molecule has 0 saturated heterocycles. The van der Waals surface area contributed by atoms with Crippen molar-refractivity contribution in [2.24, 2.45) is 5.92 Å². The molecule has 0 rings (SSSR count). The van der Waals surface area contributed by atoms with E-state index in [9.17, 15) is 6.37 Å². The van der Waals surface area contributed by atoms with Gasteiger partial charge in [0.2, 0.25) is 0 Å². The quantitative estimate of drug-likeness (QED) is 0.672. The summed E-state index contributed by atoms with van der Waals surface area (Å²) in [7, 11) is -1.96. The Morgan fingerprint density at radius 2 is 1.50 bits per heavy atom. The maximum absolute atomic E-state index is 9.85. The molecule has 0 radical (unpaired) electrons. The van der Waals surface area contributed by atoms with Crippen molar-refractivity contribution in [3.63, 3.8) is 0 Å². The van der Waals surface area contributed by atoms with Gasteiger partial charge < -0.3 is 0 Å². The fraction of sp³-hybridized carbons (Fsp3) is 1.00. The van der Waals surface area contributed by atoms with Crippen LogP contribution in [0.15, 0.2) is 0 Å². The van der Waals surface area contributed by atoms with E-state index in [1.165, 1.54) is 0 Å². The molecule has 0 unspecified atom stereocenters. The Bertz CT molecular complexity index is 187. The van der Waals surface area contributed by atoms with Crippen molar-refractivity contribution in [1.82, 2.24) is 0 Å². The van der Waals surface area contributed by atoms with Crippen molar-refractivity contribution < 1.29 is 33.7 Å². The number of hydrogen-bond acceptors (Lipinski definition) is 4. The third-order valence-electron chi connectivity index (χ3n) is 2.89. The molecule has 0 saturated carbocycles. The second kappa shape index (κ2) is 7.39. The van der Waals surface area contributed by atoms with Crippen LogP contribution in [0.25, 0.3) is 0 Å². The van der Waals surface area contributed by atoms with Gasteiger partial charge in [0, 0.05) is 0 Å². The molecule has 0 aromatic carbocycles. The zero-order chi connectivity index (χ0) is 12.8. The van der Waals surface area contributed by atoms with Crippen LogP contribution in [0.2, 0.25) is 18.1 Å². The second-order valence-electron chi connectivity index (χ2n) is 4.60. The summed E-state index contributed by atoms with van der Waals surface area (Å²) in [5, 5.41) is 0. The topological polar surface area (TPSA) is 58.9 Å². The SMILES string of the molecule is CC[Si](CC)(CC)[O][Zr]([OH])([OH])[O]CC(C)C. The zero-order valence-corrected chi connectivity index (χ0v) is 14.6. The molecule has 0 aliphatic carbocycles. The zero-order valence-electron chi connectivity index (χ0n) is 11.1. The molecule has 0 amide bonds. The Balaban J connectivity index is 4.40. The van der Waals surface area contributed by atoms with Crippen LogP contribution >= 0.6 is 0 Å². The average Bonchev–Trinajstić information content (AvgIpc) is 2.24. The third-order valence-corrected chi connectivity index (χ3v) is 13.9. The summed E-state index contributed by atoms with van der Waals surface area (Å²) >= 11 is -4.66. The van der Waals surface area contributed by atoms with E-state index in [0.29, 0.717) is 12.5 Å². The van der Waals surface area contributed by atoms with Gasteiger partial charge in [-0.25, -0.2) is 0 Å². The molecule has 2 N–H and O–H groups in total. The van der Waals surface area contributed by atoms with E-state index in [1.807, 2.05) is 13.8 Å². The molecule has 0 spiro atoms. The summed E-state index contributed by atoms with van der Waals surface area (Å²) in [5.74, 6) is 0.292. The molecule has 0 aromatic rings. The van der Waals surface area contributed by atoms with Crippen LogP contribution in [0.3, 0.4) is 0 Å². The molecule has 0 aliphatic rings. The van der Waals surface area contributed by atoms with E-state index < -0.39 is 30.3 Å². The van der Waals surface area contributed by atoms with Crippen LogP contribution in [0.4, 0.5) is 0 Å². The first-order valence-electron chi connectivity index (χ1n) is 6.09. The Labute approximate surface area is 107 Å². The number of hydrogen-bond donors (Lipinski definition) is 2. The van der Waals surface area contributed by atoms with Crippen molar-refractivity contribution in [2.75, 3.05) is 6.61 Å². The van der Waals surface area contributed by atoms with Crippen LogP contribution in [-0.2, 0) is 27.3 Å². The van der Waals surface area contributed by atoms with Crippen molar-refractivity contribution in [2.45, 2.75) is 52.8 Å². The van der Waals surface area contributed by atoms with Crippen molar-refractivity contribution in [3.8, 4) is 0 Å². The molecule has 4 nitrogen and oxygen atoms in total. The first-order valence-corrected chi connectivity index (χ1v) is 12.8. The minimum absolute atomic E-state index is 0.292. The molecule has 0 bridgehead atoms.